The van der Waals surface area contributed by atoms with Gasteiger partial charge in [0.1, 0.15) is 0 Å². The van der Waals surface area contributed by atoms with E-state index in [-0.39, 0.29) is 23.3 Å². The van der Waals surface area contributed by atoms with E-state index in [9.17, 15) is 13.2 Å². The third kappa shape index (κ3) is 4.54. The van der Waals surface area contributed by atoms with Gasteiger partial charge in [-0.2, -0.15) is 0 Å². The second-order valence-electron chi connectivity index (χ2n) is 4.03. The third-order valence-corrected chi connectivity index (χ3v) is 3.16. The van der Waals surface area contributed by atoms with E-state index < -0.39 is 9.84 Å². The highest BCUT2D eigenvalue weighted by atomic mass is 32.2. The van der Waals surface area contributed by atoms with E-state index in [1.165, 1.54) is 12.1 Å². The number of amides is 1. The first-order valence-electron chi connectivity index (χ1n) is 5.14. The molecule has 0 fully saturated rings. The molecule has 1 amide bonds. The van der Waals surface area contributed by atoms with Gasteiger partial charge in [0.15, 0.2) is 9.84 Å². The highest BCUT2D eigenvalue weighted by molar-refractivity contribution is 7.90. The van der Waals surface area contributed by atoms with E-state index in [1.54, 1.807) is 19.1 Å². The van der Waals surface area contributed by atoms with Gasteiger partial charge in [0, 0.05) is 24.4 Å². The Hall–Kier alpha value is -1.40. The second-order valence-corrected chi connectivity index (χ2v) is 6.05. The number of sulfone groups is 1. The monoisotopic (exact) mass is 256 g/mol. The van der Waals surface area contributed by atoms with Crippen molar-refractivity contribution in [1.82, 2.24) is 0 Å². The predicted molar refractivity (Wildman–Crippen MR) is 66.4 cm³/mol. The molecule has 0 heterocycles. The summed E-state index contributed by atoms with van der Waals surface area (Å²) in [5, 5.41) is 2.60. The van der Waals surface area contributed by atoms with E-state index >= 15 is 0 Å². The van der Waals surface area contributed by atoms with Gasteiger partial charge in [-0.15, -0.1) is 0 Å². The minimum atomic E-state index is -3.26. The van der Waals surface area contributed by atoms with Crippen molar-refractivity contribution in [3.05, 3.63) is 24.3 Å². The van der Waals surface area contributed by atoms with Gasteiger partial charge in [0.2, 0.25) is 5.91 Å². The van der Waals surface area contributed by atoms with Crippen LogP contribution in [0, 0.1) is 0 Å². The van der Waals surface area contributed by atoms with Crippen molar-refractivity contribution in [2.45, 2.75) is 24.3 Å². The molecule has 1 aromatic carbocycles. The van der Waals surface area contributed by atoms with Crippen molar-refractivity contribution in [2.24, 2.45) is 5.73 Å². The summed E-state index contributed by atoms with van der Waals surface area (Å²) in [4.78, 5) is 11.6. The molecule has 0 aliphatic rings. The van der Waals surface area contributed by atoms with Crippen molar-refractivity contribution >= 4 is 21.4 Å². The third-order valence-electron chi connectivity index (χ3n) is 2.05. The topological polar surface area (TPSA) is 89.3 Å². The molecular weight excluding hydrogens is 240 g/mol. The fraction of sp³-hybridized carbons (Fsp3) is 0.364. The van der Waals surface area contributed by atoms with E-state index in [1.807, 2.05) is 0 Å². The number of hydrogen-bond donors (Lipinski definition) is 2. The number of nitrogens with one attached hydrogen (secondary N) is 1. The summed E-state index contributed by atoms with van der Waals surface area (Å²) in [6.07, 6.45) is 1.32. The number of carbonyl (C=O) groups excluding carboxylic acids is 1. The van der Waals surface area contributed by atoms with Gasteiger partial charge in [-0.3, -0.25) is 4.79 Å². The molecule has 1 rings (SSSR count). The lowest BCUT2D eigenvalue weighted by Crippen LogP contribution is -2.24. The Kier molecular flexibility index (Phi) is 4.25. The average molecular weight is 256 g/mol. The molecule has 0 saturated heterocycles. The van der Waals surface area contributed by atoms with E-state index in [2.05, 4.69) is 5.32 Å². The molecule has 0 aromatic heterocycles. The Balaban J connectivity index is 2.83. The van der Waals surface area contributed by atoms with Crippen LogP contribution >= 0.6 is 0 Å². The van der Waals surface area contributed by atoms with Gasteiger partial charge in [-0.25, -0.2) is 8.42 Å². The summed E-state index contributed by atoms with van der Waals surface area (Å²) in [6, 6.07) is 5.89. The predicted octanol–water partition coefficient (Wildman–Crippen LogP) is 0.766. The SMILES string of the molecule is CC(N)CC(=O)Nc1cccc(S(C)(=O)=O)c1. The number of benzene rings is 1. The molecule has 3 N–H and O–H groups in total. The van der Waals surface area contributed by atoms with E-state index in [4.69, 9.17) is 5.73 Å². The van der Waals surface area contributed by atoms with Crippen molar-refractivity contribution in [2.75, 3.05) is 11.6 Å². The van der Waals surface area contributed by atoms with Crippen LogP contribution in [0.1, 0.15) is 13.3 Å². The first-order valence-corrected chi connectivity index (χ1v) is 7.04. The van der Waals surface area contributed by atoms with Gasteiger partial charge in [0.05, 0.1) is 4.90 Å². The fourth-order valence-electron chi connectivity index (χ4n) is 1.31. The van der Waals surface area contributed by atoms with Crippen molar-refractivity contribution in [1.29, 1.82) is 0 Å². The molecule has 5 nitrogen and oxygen atoms in total. The molecule has 0 aliphatic heterocycles. The largest absolute Gasteiger partial charge is 0.327 e. The van der Waals surface area contributed by atoms with E-state index in [0.717, 1.165) is 6.26 Å². The Bertz CT molecular complexity index is 509. The van der Waals surface area contributed by atoms with Crippen molar-refractivity contribution in [3.63, 3.8) is 0 Å². The molecule has 0 saturated carbocycles. The van der Waals surface area contributed by atoms with Crippen LogP contribution in [0.15, 0.2) is 29.2 Å². The molecule has 1 unspecified atom stereocenters. The van der Waals surface area contributed by atoms with Crippen LogP contribution in [0.5, 0.6) is 0 Å². The summed E-state index contributed by atoms with van der Waals surface area (Å²) >= 11 is 0. The van der Waals surface area contributed by atoms with Crippen LogP contribution in [0.3, 0.4) is 0 Å². The van der Waals surface area contributed by atoms with Gasteiger partial charge in [-0.05, 0) is 25.1 Å². The normalized spacial score (nSPS) is 13.1. The van der Waals surface area contributed by atoms with Crippen LogP contribution in [0.4, 0.5) is 5.69 Å². The number of rotatable bonds is 4. The summed E-state index contributed by atoms with van der Waals surface area (Å²) in [5.74, 6) is -0.231. The number of carbonyl (C=O) groups is 1. The highest BCUT2D eigenvalue weighted by Crippen LogP contribution is 2.15. The summed E-state index contributed by atoms with van der Waals surface area (Å²) in [6.45, 7) is 1.73. The Morgan fingerprint density at radius 2 is 2.12 bits per heavy atom. The smallest absolute Gasteiger partial charge is 0.225 e. The molecule has 1 atom stereocenters. The average Bonchev–Trinajstić information content (AvgIpc) is 2.15. The minimum Gasteiger partial charge on any atom is -0.327 e. The van der Waals surface area contributed by atoms with Gasteiger partial charge in [0.25, 0.3) is 0 Å². The Labute approximate surface area is 101 Å². The Morgan fingerprint density at radius 1 is 1.47 bits per heavy atom. The maximum atomic E-state index is 11.4. The molecule has 94 valence electrons. The molecule has 1 aromatic rings. The summed E-state index contributed by atoms with van der Waals surface area (Å²) < 4.78 is 22.6. The lowest BCUT2D eigenvalue weighted by molar-refractivity contribution is -0.116. The molecule has 0 radical (unpaired) electrons. The minimum absolute atomic E-state index is 0.177. The molecule has 0 aliphatic carbocycles. The molecule has 0 bridgehead atoms. The maximum Gasteiger partial charge on any atom is 0.225 e. The second kappa shape index (κ2) is 5.29. The van der Waals surface area contributed by atoms with E-state index in [0.29, 0.717) is 5.69 Å². The molecule has 0 spiro atoms. The van der Waals surface area contributed by atoms with Crippen LogP contribution in [0.2, 0.25) is 0 Å². The standard InChI is InChI=1S/C11H16N2O3S/c1-8(12)6-11(14)13-9-4-3-5-10(7-9)17(2,15)16/h3-5,7-8H,6,12H2,1-2H3,(H,13,14). The quantitative estimate of drug-likeness (QED) is 0.832. The number of hydrogen-bond acceptors (Lipinski definition) is 4. The van der Waals surface area contributed by atoms with Gasteiger partial charge < -0.3 is 11.1 Å². The van der Waals surface area contributed by atoms with Crippen molar-refractivity contribution in [3.8, 4) is 0 Å². The molecule has 17 heavy (non-hydrogen) atoms. The zero-order valence-corrected chi connectivity index (χ0v) is 10.6. The summed E-state index contributed by atoms with van der Waals surface area (Å²) in [7, 11) is -3.26. The fourth-order valence-corrected chi connectivity index (χ4v) is 1.98. The number of nitrogens with two attached hydrogens (primary N) is 1. The van der Waals surface area contributed by atoms with Crippen LogP contribution in [-0.4, -0.2) is 26.6 Å². The number of anilines is 1. The maximum absolute atomic E-state index is 11.4. The highest BCUT2D eigenvalue weighted by Gasteiger charge is 2.09. The lowest BCUT2D eigenvalue weighted by atomic mass is 10.2. The first kappa shape index (κ1) is 13.7. The summed E-state index contributed by atoms with van der Waals surface area (Å²) in [5.41, 5.74) is 5.95. The van der Waals surface area contributed by atoms with Crippen molar-refractivity contribution < 1.29 is 13.2 Å². The molecule has 6 heteroatoms. The lowest BCUT2D eigenvalue weighted by Gasteiger charge is -2.08. The first-order chi connectivity index (χ1) is 7.79. The zero-order valence-electron chi connectivity index (χ0n) is 9.80. The van der Waals surface area contributed by atoms with Crippen LogP contribution < -0.4 is 11.1 Å². The van der Waals surface area contributed by atoms with Crippen LogP contribution in [-0.2, 0) is 14.6 Å². The zero-order chi connectivity index (χ0) is 13.1. The molecular formula is C11H16N2O3S. The van der Waals surface area contributed by atoms with Gasteiger partial charge in [-0.1, -0.05) is 6.07 Å². The van der Waals surface area contributed by atoms with Crippen LogP contribution in [0.25, 0.3) is 0 Å². The van der Waals surface area contributed by atoms with Gasteiger partial charge >= 0.3 is 0 Å². The Morgan fingerprint density at radius 3 is 2.65 bits per heavy atom.